The number of alkyl halides is 4. The summed E-state index contributed by atoms with van der Waals surface area (Å²) in [5, 5.41) is 0. The van der Waals surface area contributed by atoms with E-state index in [1.165, 1.54) is 32.2 Å². The van der Waals surface area contributed by atoms with Crippen LogP contribution >= 0.6 is 11.6 Å². The second-order valence-electron chi connectivity index (χ2n) is 3.75. The van der Waals surface area contributed by atoms with E-state index < -0.39 is 29.8 Å². The summed E-state index contributed by atoms with van der Waals surface area (Å²) in [4.78, 5) is 12.6. The summed E-state index contributed by atoms with van der Waals surface area (Å²) in [6, 6.07) is 4.80. The maximum Gasteiger partial charge on any atom is 0.418 e. The van der Waals surface area contributed by atoms with Gasteiger partial charge in [0, 0.05) is 7.11 Å². The Hall–Kier alpha value is -1.27. The van der Waals surface area contributed by atoms with Crippen molar-refractivity contribution >= 4 is 23.2 Å². The van der Waals surface area contributed by atoms with E-state index in [2.05, 4.69) is 0 Å². The second-order valence-corrected chi connectivity index (χ2v) is 4.01. The first-order valence-electron chi connectivity index (χ1n) is 5.40. The van der Waals surface area contributed by atoms with Crippen LogP contribution in [0.25, 0.3) is 0 Å². The Bertz CT molecular complexity index is 451. The molecule has 7 heteroatoms. The Morgan fingerprint density at radius 2 is 2.00 bits per heavy atom. The van der Waals surface area contributed by atoms with Gasteiger partial charge in [0.2, 0.25) is 5.91 Å². The number of halogens is 4. The molecule has 1 aromatic carbocycles. The van der Waals surface area contributed by atoms with Gasteiger partial charge in [-0.1, -0.05) is 12.1 Å². The maximum absolute atomic E-state index is 12.9. The first-order chi connectivity index (χ1) is 8.82. The zero-order valence-electron chi connectivity index (χ0n) is 10.4. The lowest BCUT2D eigenvalue weighted by molar-refractivity contribution is -0.137. The summed E-state index contributed by atoms with van der Waals surface area (Å²) < 4.78 is 43.7. The van der Waals surface area contributed by atoms with Gasteiger partial charge in [0.15, 0.2) is 0 Å². The highest BCUT2D eigenvalue weighted by Crippen LogP contribution is 2.37. The minimum Gasteiger partial charge on any atom is -0.361 e. The molecule has 19 heavy (non-hydrogen) atoms. The molecule has 1 unspecified atom stereocenters. The molecule has 0 spiro atoms. The molecule has 0 aromatic heterocycles. The molecule has 0 saturated carbocycles. The predicted octanol–water partition coefficient (Wildman–Crippen LogP) is 3.27. The number of nitrogens with zero attached hydrogens (tertiary/aromatic N) is 1. The van der Waals surface area contributed by atoms with Crippen LogP contribution in [0.2, 0.25) is 0 Å². The summed E-state index contributed by atoms with van der Waals surface area (Å²) in [5.74, 6) is -1.09. The summed E-state index contributed by atoms with van der Waals surface area (Å²) in [5.41, 5.74) is -1.17. The number of hydrogen-bond acceptors (Lipinski definition) is 2. The smallest absolute Gasteiger partial charge is 0.361 e. The molecule has 0 aliphatic rings. The van der Waals surface area contributed by atoms with Gasteiger partial charge < -0.3 is 4.74 Å². The van der Waals surface area contributed by atoms with Crippen molar-refractivity contribution in [3.05, 3.63) is 29.8 Å². The molecular weight excluding hydrogens is 283 g/mol. The molecule has 0 bridgehead atoms. The second kappa shape index (κ2) is 6.25. The first kappa shape index (κ1) is 15.8. The molecule has 0 aliphatic carbocycles. The van der Waals surface area contributed by atoms with Gasteiger partial charge in [-0.2, -0.15) is 13.2 Å². The molecule has 1 atom stereocenters. The Morgan fingerprint density at radius 1 is 1.42 bits per heavy atom. The monoisotopic (exact) mass is 295 g/mol. The molecule has 0 aliphatic heterocycles. The SMILES string of the molecule is COC(C)N(C(=O)CCl)c1ccccc1C(F)(F)F. The van der Waals surface area contributed by atoms with Crippen LogP contribution in [0.1, 0.15) is 12.5 Å². The average Bonchev–Trinajstić information content (AvgIpc) is 2.37. The fraction of sp³-hybridized carbons (Fsp3) is 0.417. The van der Waals surface area contributed by atoms with Crippen molar-refractivity contribution < 1.29 is 22.7 Å². The number of benzene rings is 1. The fourth-order valence-corrected chi connectivity index (χ4v) is 1.75. The van der Waals surface area contributed by atoms with Gasteiger partial charge in [0.25, 0.3) is 0 Å². The predicted molar refractivity (Wildman–Crippen MR) is 66.1 cm³/mol. The Balaban J connectivity index is 3.35. The third kappa shape index (κ3) is 3.61. The van der Waals surface area contributed by atoms with Gasteiger partial charge in [-0.05, 0) is 19.1 Å². The molecule has 0 fully saturated rings. The lowest BCUT2D eigenvalue weighted by Gasteiger charge is -2.29. The molecule has 0 radical (unpaired) electrons. The minimum atomic E-state index is -4.56. The van der Waals surface area contributed by atoms with Crippen molar-refractivity contribution in [3.63, 3.8) is 0 Å². The molecule has 1 amide bonds. The Morgan fingerprint density at radius 3 is 2.47 bits per heavy atom. The number of hydrogen-bond donors (Lipinski definition) is 0. The van der Waals surface area contributed by atoms with Crippen molar-refractivity contribution in [1.29, 1.82) is 0 Å². The van der Waals surface area contributed by atoms with Gasteiger partial charge >= 0.3 is 6.18 Å². The average molecular weight is 296 g/mol. The van der Waals surface area contributed by atoms with Gasteiger partial charge in [0.1, 0.15) is 12.1 Å². The number of para-hydroxylation sites is 1. The quantitative estimate of drug-likeness (QED) is 0.630. The highest BCUT2D eigenvalue weighted by Gasteiger charge is 2.36. The summed E-state index contributed by atoms with van der Waals surface area (Å²) in [7, 11) is 1.30. The van der Waals surface area contributed by atoms with Crippen LogP contribution < -0.4 is 4.90 Å². The molecule has 1 aromatic rings. The molecule has 0 heterocycles. The zero-order valence-corrected chi connectivity index (χ0v) is 11.1. The topological polar surface area (TPSA) is 29.5 Å². The number of carbonyl (C=O) groups is 1. The van der Waals surface area contributed by atoms with E-state index in [9.17, 15) is 18.0 Å². The molecule has 0 saturated heterocycles. The third-order valence-corrected chi connectivity index (χ3v) is 2.79. The summed E-state index contributed by atoms with van der Waals surface area (Å²) >= 11 is 5.44. The van der Waals surface area contributed by atoms with E-state index in [0.29, 0.717) is 0 Å². The van der Waals surface area contributed by atoms with Crippen molar-refractivity contribution in [2.75, 3.05) is 17.9 Å². The van der Waals surface area contributed by atoms with Crippen LogP contribution in [0.3, 0.4) is 0 Å². The van der Waals surface area contributed by atoms with E-state index in [4.69, 9.17) is 16.3 Å². The lowest BCUT2D eigenvalue weighted by Crippen LogP contribution is -2.41. The van der Waals surface area contributed by atoms with E-state index in [-0.39, 0.29) is 5.69 Å². The highest BCUT2D eigenvalue weighted by atomic mass is 35.5. The highest BCUT2D eigenvalue weighted by molar-refractivity contribution is 6.29. The molecule has 0 N–H and O–H groups in total. The fourth-order valence-electron chi connectivity index (χ4n) is 1.63. The number of ether oxygens (including phenoxy) is 1. The van der Waals surface area contributed by atoms with E-state index in [1.807, 2.05) is 0 Å². The van der Waals surface area contributed by atoms with Crippen LogP contribution in [0.5, 0.6) is 0 Å². The van der Waals surface area contributed by atoms with Gasteiger partial charge in [-0.15, -0.1) is 11.6 Å². The van der Waals surface area contributed by atoms with Crippen molar-refractivity contribution in [2.45, 2.75) is 19.3 Å². The van der Waals surface area contributed by atoms with Crippen LogP contribution in [0.15, 0.2) is 24.3 Å². The van der Waals surface area contributed by atoms with Crippen LogP contribution in [-0.2, 0) is 15.7 Å². The number of amides is 1. The van der Waals surface area contributed by atoms with E-state index in [0.717, 1.165) is 11.0 Å². The summed E-state index contributed by atoms with van der Waals surface area (Å²) in [6.45, 7) is 1.47. The maximum atomic E-state index is 12.9. The van der Waals surface area contributed by atoms with Gasteiger partial charge in [-0.25, -0.2) is 0 Å². The Labute approximate surface area is 113 Å². The first-order valence-corrected chi connectivity index (χ1v) is 5.93. The normalized spacial score (nSPS) is 13.2. The largest absolute Gasteiger partial charge is 0.418 e. The number of anilines is 1. The molecule has 106 valence electrons. The number of methoxy groups -OCH3 is 1. The van der Waals surface area contributed by atoms with Crippen LogP contribution in [-0.4, -0.2) is 25.1 Å². The molecule has 1 rings (SSSR count). The van der Waals surface area contributed by atoms with Crippen molar-refractivity contribution in [1.82, 2.24) is 0 Å². The third-order valence-electron chi connectivity index (χ3n) is 2.56. The van der Waals surface area contributed by atoms with E-state index in [1.54, 1.807) is 0 Å². The zero-order chi connectivity index (χ0) is 14.6. The Kier molecular flexibility index (Phi) is 5.20. The van der Waals surface area contributed by atoms with Gasteiger partial charge in [-0.3, -0.25) is 9.69 Å². The number of rotatable bonds is 4. The van der Waals surface area contributed by atoms with Gasteiger partial charge in [0.05, 0.1) is 11.3 Å². The number of carbonyl (C=O) groups excluding carboxylic acids is 1. The molecular formula is C12H13ClF3NO2. The van der Waals surface area contributed by atoms with Crippen LogP contribution in [0, 0.1) is 0 Å². The van der Waals surface area contributed by atoms with Crippen LogP contribution in [0.4, 0.5) is 18.9 Å². The van der Waals surface area contributed by atoms with E-state index >= 15 is 0 Å². The lowest BCUT2D eigenvalue weighted by atomic mass is 10.1. The molecule has 3 nitrogen and oxygen atoms in total. The summed E-state index contributed by atoms with van der Waals surface area (Å²) in [6.07, 6.45) is -5.41. The minimum absolute atomic E-state index is 0.269. The standard InChI is InChI=1S/C12H13ClF3NO2/c1-8(19-2)17(11(18)7-13)10-6-4-3-5-9(10)12(14,15)16/h3-6,8H,7H2,1-2H3. The van der Waals surface area contributed by atoms with Crippen molar-refractivity contribution in [3.8, 4) is 0 Å². The van der Waals surface area contributed by atoms with Crippen molar-refractivity contribution in [2.24, 2.45) is 0 Å².